The molecule has 1 aliphatic rings. The van der Waals surface area contributed by atoms with Crippen LogP contribution in [0.4, 0.5) is 0 Å². The van der Waals surface area contributed by atoms with E-state index in [1.165, 1.54) is 34.6 Å². The highest BCUT2D eigenvalue weighted by Crippen LogP contribution is 2.23. The van der Waals surface area contributed by atoms with Crippen LogP contribution >= 0.6 is 11.6 Å². The molecule has 0 aliphatic carbocycles. The summed E-state index contributed by atoms with van der Waals surface area (Å²) in [4.78, 5) is 23.4. The van der Waals surface area contributed by atoms with Gasteiger partial charge in [0, 0.05) is 18.1 Å². The van der Waals surface area contributed by atoms with E-state index in [2.05, 4.69) is 17.2 Å². The van der Waals surface area contributed by atoms with Crippen molar-refractivity contribution in [1.29, 1.82) is 0 Å². The molecule has 1 aromatic carbocycles. The van der Waals surface area contributed by atoms with Gasteiger partial charge in [0.15, 0.2) is 0 Å². The van der Waals surface area contributed by atoms with E-state index in [4.69, 9.17) is 16.3 Å². The molecule has 1 saturated heterocycles. The monoisotopic (exact) mass is 401 g/mol. The number of carbonyl (C=O) groups excluding carboxylic acids is 2. The summed E-state index contributed by atoms with van der Waals surface area (Å²) >= 11 is 5.80. The second-order valence-corrected chi connectivity index (χ2v) is 7.78. The third-order valence-electron chi connectivity index (χ3n) is 3.62. The number of ether oxygens (including phenoxy) is 1. The van der Waals surface area contributed by atoms with Crippen LogP contribution in [0.2, 0.25) is 5.02 Å². The summed E-state index contributed by atoms with van der Waals surface area (Å²) < 4.78 is 32.3. The number of nitrogens with one attached hydrogen (secondary N) is 2. The summed E-state index contributed by atoms with van der Waals surface area (Å²) in [6, 6.07) is 5.79. The largest absolute Gasteiger partial charge is 0.360 e. The molecule has 2 rings (SSSR count). The molecule has 142 valence electrons. The van der Waals surface area contributed by atoms with Gasteiger partial charge in [-0.15, -0.1) is 6.58 Å². The lowest BCUT2D eigenvalue weighted by Crippen LogP contribution is -2.53. The molecule has 8 nitrogen and oxygen atoms in total. The highest BCUT2D eigenvalue weighted by atomic mass is 35.5. The number of hydrogen-bond donors (Lipinski definition) is 2. The van der Waals surface area contributed by atoms with E-state index in [9.17, 15) is 18.0 Å². The molecular formula is C16H20ClN3O5S. The lowest BCUT2D eigenvalue weighted by atomic mass is 10.3. The normalized spacial score (nSPS) is 18.1. The molecule has 1 atom stereocenters. The molecule has 0 unspecified atom stereocenters. The molecule has 2 N–H and O–H groups in total. The predicted molar refractivity (Wildman–Crippen MR) is 95.9 cm³/mol. The molecular weight excluding hydrogens is 382 g/mol. The Bertz CT molecular complexity index is 767. The van der Waals surface area contributed by atoms with Crippen LogP contribution in [0.5, 0.6) is 0 Å². The van der Waals surface area contributed by atoms with Crippen LogP contribution in [0.15, 0.2) is 41.8 Å². The van der Waals surface area contributed by atoms with Gasteiger partial charge in [-0.3, -0.25) is 9.59 Å². The molecule has 10 heteroatoms. The molecule has 1 heterocycles. The van der Waals surface area contributed by atoms with Gasteiger partial charge >= 0.3 is 11.8 Å². The molecule has 26 heavy (non-hydrogen) atoms. The maximum atomic E-state index is 12.8. The minimum absolute atomic E-state index is 0.0763. The van der Waals surface area contributed by atoms with E-state index in [0.717, 1.165) is 0 Å². The highest BCUT2D eigenvalue weighted by molar-refractivity contribution is 7.89. The Morgan fingerprint density at radius 3 is 2.58 bits per heavy atom. The van der Waals surface area contributed by atoms with Gasteiger partial charge in [-0.1, -0.05) is 17.7 Å². The summed E-state index contributed by atoms with van der Waals surface area (Å²) in [5.41, 5.74) is 0. The third-order valence-corrected chi connectivity index (χ3v) is 5.78. The number of carbonyl (C=O) groups is 2. The average Bonchev–Trinajstić information content (AvgIpc) is 2.64. The van der Waals surface area contributed by atoms with E-state index in [0.29, 0.717) is 18.1 Å². The van der Waals surface area contributed by atoms with Crippen LogP contribution in [0.25, 0.3) is 0 Å². The molecule has 0 saturated carbocycles. The summed E-state index contributed by atoms with van der Waals surface area (Å²) in [5, 5.41) is 5.15. The molecule has 0 radical (unpaired) electrons. The predicted octanol–water partition coefficient (Wildman–Crippen LogP) is 0.496. The third kappa shape index (κ3) is 5.04. The molecule has 2 amide bonds. The SMILES string of the molecule is C=CCNC(=O)C(=O)NC[C@@H]1OCCCN1S(=O)(=O)c1ccc(Cl)cc1. The van der Waals surface area contributed by atoms with Crippen molar-refractivity contribution in [3.05, 3.63) is 41.9 Å². The van der Waals surface area contributed by atoms with Gasteiger partial charge in [-0.25, -0.2) is 8.42 Å². The maximum absolute atomic E-state index is 12.8. The van der Waals surface area contributed by atoms with Gasteiger partial charge in [0.2, 0.25) is 10.0 Å². The average molecular weight is 402 g/mol. The number of nitrogens with zero attached hydrogens (tertiary/aromatic N) is 1. The van der Waals surface area contributed by atoms with Crippen molar-refractivity contribution in [3.8, 4) is 0 Å². The van der Waals surface area contributed by atoms with Gasteiger partial charge in [0.1, 0.15) is 6.23 Å². The molecule has 0 spiro atoms. The van der Waals surface area contributed by atoms with Crippen LogP contribution in [-0.2, 0) is 24.3 Å². The quantitative estimate of drug-likeness (QED) is 0.533. The first-order valence-electron chi connectivity index (χ1n) is 7.92. The first-order chi connectivity index (χ1) is 12.4. The van der Waals surface area contributed by atoms with Gasteiger partial charge in [0.05, 0.1) is 18.0 Å². The van der Waals surface area contributed by atoms with E-state index < -0.39 is 28.1 Å². The first-order valence-corrected chi connectivity index (χ1v) is 9.74. The minimum Gasteiger partial charge on any atom is -0.360 e. The molecule has 1 aromatic rings. The Kier molecular flexibility index (Phi) is 7.15. The fourth-order valence-corrected chi connectivity index (χ4v) is 4.04. The number of sulfonamides is 1. The summed E-state index contributed by atoms with van der Waals surface area (Å²) in [7, 11) is -3.83. The van der Waals surface area contributed by atoms with Crippen molar-refractivity contribution in [1.82, 2.24) is 14.9 Å². The number of amides is 2. The molecule has 0 aromatic heterocycles. The van der Waals surface area contributed by atoms with Crippen LogP contribution in [0, 0.1) is 0 Å². The van der Waals surface area contributed by atoms with Crippen LogP contribution < -0.4 is 10.6 Å². The zero-order valence-electron chi connectivity index (χ0n) is 14.0. The van der Waals surface area contributed by atoms with Crippen molar-refractivity contribution in [3.63, 3.8) is 0 Å². The van der Waals surface area contributed by atoms with Gasteiger partial charge < -0.3 is 15.4 Å². The topological polar surface area (TPSA) is 105 Å². The number of halogens is 1. The second-order valence-electron chi connectivity index (χ2n) is 5.46. The van der Waals surface area contributed by atoms with Crippen molar-refractivity contribution in [2.24, 2.45) is 0 Å². The number of rotatable bonds is 6. The number of benzene rings is 1. The fraction of sp³-hybridized carbons (Fsp3) is 0.375. The van der Waals surface area contributed by atoms with Gasteiger partial charge in [-0.2, -0.15) is 4.31 Å². The maximum Gasteiger partial charge on any atom is 0.309 e. The van der Waals surface area contributed by atoms with E-state index in [1.807, 2.05) is 0 Å². The van der Waals surface area contributed by atoms with Gasteiger partial charge in [0.25, 0.3) is 0 Å². The molecule has 1 fully saturated rings. The Balaban J connectivity index is 2.07. The minimum atomic E-state index is -3.83. The lowest BCUT2D eigenvalue weighted by Gasteiger charge is -2.34. The summed E-state index contributed by atoms with van der Waals surface area (Å²) in [5.74, 6) is -1.70. The smallest absolute Gasteiger partial charge is 0.309 e. The summed E-state index contributed by atoms with van der Waals surface area (Å²) in [6.45, 7) is 4.05. The lowest BCUT2D eigenvalue weighted by molar-refractivity contribution is -0.140. The zero-order chi connectivity index (χ0) is 19.2. The first kappa shape index (κ1) is 20.4. The van der Waals surface area contributed by atoms with Gasteiger partial charge in [-0.05, 0) is 30.7 Å². The standard InChI is InChI=1S/C16H20ClN3O5S/c1-2-8-18-15(21)16(22)19-11-14-20(9-3-10-25-14)26(23,24)13-6-4-12(17)5-7-13/h2,4-7,14H,1,3,8-11H2,(H,18,21)(H,19,22)/t14-/m0/s1. The Morgan fingerprint density at radius 1 is 1.27 bits per heavy atom. The van der Waals surface area contributed by atoms with Crippen LogP contribution in [0.1, 0.15) is 6.42 Å². The van der Waals surface area contributed by atoms with Crippen molar-refractivity contribution in [2.75, 3.05) is 26.2 Å². The number of hydrogen-bond acceptors (Lipinski definition) is 5. The van der Waals surface area contributed by atoms with Crippen LogP contribution in [-0.4, -0.2) is 57.0 Å². The van der Waals surface area contributed by atoms with E-state index in [-0.39, 0.29) is 24.5 Å². The Labute approximate surface area is 157 Å². The van der Waals surface area contributed by atoms with Crippen LogP contribution in [0.3, 0.4) is 0 Å². The van der Waals surface area contributed by atoms with Crippen molar-refractivity contribution in [2.45, 2.75) is 17.5 Å². The summed E-state index contributed by atoms with van der Waals surface area (Å²) in [6.07, 6.45) is 1.06. The van der Waals surface area contributed by atoms with Crippen molar-refractivity contribution < 1.29 is 22.7 Å². The van der Waals surface area contributed by atoms with Crippen molar-refractivity contribution >= 4 is 33.4 Å². The zero-order valence-corrected chi connectivity index (χ0v) is 15.6. The van der Waals surface area contributed by atoms with E-state index in [1.54, 1.807) is 0 Å². The van der Waals surface area contributed by atoms with E-state index >= 15 is 0 Å². The molecule has 1 aliphatic heterocycles. The second kappa shape index (κ2) is 9.13. The fourth-order valence-electron chi connectivity index (χ4n) is 2.35. The Morgan fingerprint density at radius 2 is 1.92 bits per heavy atom. The molecule has 0 bridgehead atoms. The Hall–Kier alpha value is -1.94. The highest BCUT2D eigenvalue weighted by Gasteiger charge is 2.34.